The van der Waals surface area contributed by atoms with Gasteiger partial charge in [0, 0.05) is 30.2 Å². The van der Waals surface area contributed by atoms with Crippen molar-refractivity contribution in [2.45, 2.75) is 38.7 Å². The molecular weight excluding hydrogens is 419 g/mol. The molecule has 0 atom stereocenters. The Balaban J connectivity index is 0.000000188. The number of rotatable bonds is 5. The molecule has 1 fully saturated rings. The third kappa shape index (κ3) is 6.75. The fourth-order valence-corrected chi connectivity index (χ4v) is 3.24. The third-order valence-electron chi connectivity index (χ3n) is 5.26. The first-order valence-electron chi connectivity index (χ1n) is 10.6. The number of carbonyl (C=O) groups excluding carboxylic acids is 1. The molecule has 2 aromatic carbocycles. The van der Waals surface area contributed by atoms with E-state index in [2.05, 4.69) is 15.6 Å². The van der Waals surface area contributed by atoms with Crippen molar-refractivity contribution in [2.75, 3.05) is 13.1 Å². The zero-order valence-corrected chi connectivity index (χ0v) is 18.1. The first-order chi connectivity index (χ1) is 15.1. The molecular formula is C24H28F3N3O2. The van der Waals surface area contributed by atoms with Gasteiger partial charge >= 0.3 is 6.03 Å². The van der Waals surface area contributed by atoms with E-state index in [4.69, 9.17) is 0 Å². The predicted octanol–water partition coefficient (Wildman–Crippen LogP) is 5.11. The Morgan fingerprint density at radius 3 is 2.34 bits per heavy atom. The Bertz CT molecular complexity index is 1050. The standard InChI is InChI=1S/C14H8F3N.C10H20N2O2/c15-10-3-1-8(2-4-10)13-6-9-5-11(16)7-12(17)14(9)18-13;1-10(2,14)7-12-9(13)11-6-8-4-3-5-8/h1-7,18H;8,14H,3-7H2,1-2H3,(H2,11,12,13). The molecule has 172 valence electrons. The van der Waals surface area contributed by atoms with E-state index in [9.17, 15) is 23.1 Å². The summed E-state index contributed by atoms with van der Waals surface area (Å²) in [4.78, 5) is 14.1. The van der Waals surface area contributed by atoms with Gasteiger partial charge in [0.25, 0.3) is 0 Å². The van der Waals surface area contributed by atoms with Gasteiger partial charge in [-0.15, -0.1) is 0 Å². The van der Waals surface area contributed by atoms with Crippen LogP contribution >= 0.6 is 0 Å². The molecule has 1 aliphatic rings. The van der Waals surface area contributed by atoms with Gasteiger partial charge in [-0.05, 0) is 74.6 Å². The summed E-state index contributed by atoms with van der Waals surface area (Å²) in [6.45, 7) is 4.37. The van der Waals surface area contributed by atoms with Crippen molar-refractivity contribution in [3.8, 4) is 11.3 Å². The molecule has 32 heavy (non-hydrogen) atoms. The molecule has 2 amide bonds. The average molecular weight is 448 g/mol. The van der Waals surface area contributed by atoms with Gasteiger partial charge in [0.05, 0.1) is 11.1 Å². The fraction of sp³-hybridized carbons (Fsp3) is 0.375. The number of carbonyl (C=O) groups is 1. The molecule has 0 bridgehead atoms. The van der Waals surface area contributed by atoms with Crippen LogP contribution in [0.4, 0.5) is 18.0 Å². The van der Waals surface area contributed by atoms with E-state index in [1.54, 1.807) is 32.0 Å². The Hall–Kier alpha value is -3.00. The summed E-state index contributed by atoms with van der Waals surface area (Å²) >= 11 is 0. The average Bonchev–Trinajstić information content (AvgIpc) is 3.10. The Kier molecular flexibility index (Phi) is 7.45. The summed E-state index contributed by atoms with van der Waals surface area (Å²) in [7, 11) is 0. The molecule has 0 unspecified atom stereocenters. The van der Waals surface area contributed by atoms with Gasteiger partial charge in [0.15, 0.2) is 0 Å². The van der Waals surface area contributed by atoms with Gasteiger partial charge in [-0.25, -0.2) is 18.0 Å². The van der Waals surface area contributed by atoms with Crippen LogP contribution in [0.25, 0.3) is 22.2 Å². The zero-order valence-electron chi connectivity index (χ0n) is 18.1. The van der Waals surface area contributed by atoms with Crippen molar-refractivity contribution in [1.82, 2.24) is 15.6 Å². The van der Waals surface area contributed by atoms with Gasteiger partial charge in [-0.1, -0.05) is 6.42 Å². The second-order valence-corrected chi connectivity index (χ2v) is 8.71. The van der Waals surface area contributed by atoms with Crippen molar-refractivity contribution in [3.05, 3.63) is 59.9 Å². The summed E-state index contributed by atoms with van der Waals surface area (Å²) in [6.07, 6.45) is 3.75. The summed E-state index contributed by atoms with van der Waals surface area (Å²) in [5.74, 6) is -0.932. The zero-order chi connectivity index (χ0) is 23.3. The maximum Gasteiger partial charge on any atom is 0.314 e. The molecule has 0 radical (unpaired) electrons. The van der Waals surface area contributed by atoms with Crippen molar-refractivity contribution in [3.63, 3.8) is 0 Å². The summed E-state index contributed by atoms with van der Waals surface area (Å²) in [5.41, 5.74) is 0.742. The molecule has 4 rings (SSSR count). The lowest BCUT2D eigenvalue weighted by atomic mass is 9.85. The highest BCUT2D eigenvalue weighted by Gasteiger charge is 2.18. The van der Waals surface area contributed by atoms with Crippen LogP contribution in [0.15, 0.2) is 42.5 Å². The number of urea groups is 1. The van der Waals surface area contributed by atoms with E-state index >= 15 is 0 Å². The van der Waals surface area contributed by atoms with Gasteiger partial charge in [0.1, 0.15) is 17.5 Å². The molecule has 0 aliphatic heterocycles. The minimum Gasteiger partial charge on any atom is -0.389 e. The second-order valence-electron chi connectivity index (χ2n) is 8.71. The van der Waals surface area contributed by atoms with E-state index in [0.717, 1.165) is 12.6 Å². The number of benzene rings is 2. The lowest BCUT2D eigenvalue weighted by molar-refractivity contribution is 0.0818. The number of aromatic amines is 1. The van der Waals surface area contributed by atoms with Gasteiger partial charge in [-0.3, -0.25) is 0 Å². The minimum atomic E-state index is -0.839. The number of halogens is 3. The second kappa shape index (κ2) is 10.1. The summed E-state index contributed by atoms with van der Waals surface area (Å²) < 4.78 is 39.4. The Labute approximate surface area is 185 Å². The van der Waals surface area contributed by atoms with Crippen LogP contribution in [0.2, 0.25) is 0 Å². The minimum absolute atomic E-state index is 0.181. The van der Waals surface area contributed by atoms with E-state index in [-0.39, 0.29) is 23.9 Å². The Morgan fingerprint density at radius 2 is 1.75 bits per heavy atom. The number of aliphatic hydroxyl groups is 1. The van der Waals surface area contributed by atoms with Gasteiger partial charge in [0.2, 0.25) is 0 Å². The number of hydrogen-bond donors (Lipinski definition) is 4. The maximum absolute atomic E-state index is 13.5. The van der Waals surface area contributed by atoms with Crippen LogP contribution in [0.1, 0.15) is 33.1 Å². The van der Waals surface area contributed by atoms with Gasteiger partial charge in [-0.2, -0.15) is 0 Å². The highest BCUT2D eigenvalue weighted by Crippen LogP contribution is 2.27. The first kappa shape index (κ1) is 23.7. The summed E-state index contributed by atoms with van der Waals surface area (Å²) in [5, 5.41) is 15.2. The monoisotopic (exact) mass is 447 g/mol. The van der Waals surface area contributed by atoms with Crippen LogP contribution in [0.5, 0.6) is 0 Å². The van der Waals surface area contributed by atoms with Crippen LogP contribution in [0.3, 0.4) is 0 Å². The quantitative estimate of drug-likeness (QED) is 0.439. The SMILES string of the molecule is CC(C)(O)CNC(=O)NCC1CCC1.Fc1ccc(-c2cc3cc(F)cc(F)c3[nH]2)cc1. The van der Waals surface area contributed by atoms with Crippen molar-refractivity contribution in [2.24, 2.45) is 5.92 Å². The fourth-order valence-electron chi connectivity index (χ4n) is 3.24. The van der Waals surface area contributed by atoms with Crippen molar-refractivity contribution < 1.29 is 23.1 Å². The highest BCUT2D eigenvalue weighted by atomic mass is 19.1. The topological polar surface area (TPSA) is 77.2 Å². The number of nitrogens with one attached hydrogen (secondary N) is 3. The number of hydrogen-bond acceptors (Lipinski definition) is 2. The number of H-pyrrole nitrogens is 1. The molecule has 8 heteroatoms. The molecule has 0 saturated heterocycles. The van der Waals surface area contributed by atoms with Crippen LogP contribution < -0.4 is 10.6 Å². The molecule has 1 aromatic heterocycles. The van der Waals surface area contributed by atoms with E-state index < -0.39 is 17.2 Å². The van der Waals surface area contributed by atoms with Crippen LogP contribution in [-0.4, -0.2) is 34.8 Å². The normalized spacial score (nSPS) is 13.8. The molecule has 3 aromatic rings. The van der Waals surface area contributed by atoms with Crippen molar-refractivity contribution >= 4 is 16.9 Å². The van der Waals surface area contributed by atoms with E-state index in [1.807, 2.05) is 0 Å². The number of aromatic nitrogens is 1. The number of fused-ring (bicyclic) bond motifs is 1. The smallest absolute Gasteiger partial charge is 0.314 e. The first-order valence-corrected chi connectivity index (χ1v) is 10.6. The Morgan fingerprint density at radius 1 is 1.06 bits per heavy atom. The predicted molar refractivity (Wildman–Crippen MR) is 119 cm³/mol. The molecule has 1 heterocycles. The lowest BCUT2D eigenvalue weighted by Crippen LogP contribution is -2.45. The molecule has 1 aliphatic carbocycles. The molecule has 4 N–H and O–H groups in total. The van der Waals surface area contributed by atoms with Crippen LogP contribution in [0, 0.1) is 23.4 Å². The number of amides is 2. The largest absolute Gasteiger partial charge is 0.389 e. The van der Waals surface area contributed by atoms with Crippen molar-refractivity contribution in [1.29, 1.82) is 0 Å². The van der Waals surface area contributed by atoms with E-state index in [0.29, 0.717) is 22.6 Å². The highest BCUT2D eigenvalue weighted by molar-refractivity contribution is 5.86. The summed E-state index contributed by atoms with van der Waals surface area (Å²) in [6, 6.07) is 9.32. The van der Waals surface area contributed by atoms with Gasteiger partial charge < -0.3 is 20.7 Å². The molecule has 5 nitrogen and oxygen atoms in total. The molecule has 0 spiro atoms. The maximum atomic E-state index is 13.5. The molecule has 1 saturated carbocycles. The van der Waals surface area contributed by atoms with Crippen LogP contribution in [-0.2, 0) is 0 Å². The third-order valence-corrected chi connectivity index (χ3v) is 5.26. The van der Waals surface area contributed by atoms with E-state index in [1.165, 1.54) is 37.5 Å². The lowest BCUT2D eigenvalue weighted by Gasteiger charge is -2.25.